The third kappa shape index (κ3) is 3.42. The summed E-state index contributed by atoms with van der Waals surface area (Å²) in [5.41, 5.74) is 0.487. The van der Waals surface area contributed by atoms with Crippen LogP contribution in [-0.4, -0.2) is 30.1 Å². The van der Waals surface area contributed by atoms with Crippen LogP contribution in [0.4, 0.5) is 4.39 Å². The van der Waals surface area contributed by atoms with E-state index in [1.165, 1.54) is 24.5 Å². The van der Waals surface area contributed by atoms with E-state index < -0.39 is 23.7 Å². The Kier molecular flexibility index (Phi) is 5.10. The van der Waals surface area contributed by atoms with E-state index in [9.17, 15) is 14.0 Å². The van der Waals surface area contributed by atoms with Crippen molar-refractivity contribution < 1.29 is 23.8 Å². The van der Waals surface area contributed by atoms with Crippen LogP contribution in [0.25, 0.3) is 10.1 Å². The second kappa shape index (κ2) is 6.85. The van der Waals surface area contributed by atoms with E-state index in [0.717, 1.165) is 0 Å². The lowest BCUT2D eigenvalue weighted by Gasteiger charge is -2.11. The van der Waals surface area contributed by atoms with Crippen molar-refractivity contribution >= 4 is 33.3 Å². The number of amides is 1. The van der Waals surface area contributed by atoms with Gasteiger partial charge in [-0.3, -0.25) is 9.59 Å². The summed E-state index contributed by atoms with van der Waals surface area (Å²) in [7, 11) is 1.47. The highest BCUT2D eigenvalue weighted by atomic mass is 32.1. The van der Waals surface area contributed by atoms with Crippen molar-refractivity contribution in [2.45, 2.75) is 26.0 Å². The van der Waals surface area contributed by atoms with Crippen molar-refractivity contribution in [1.82, 2.24) is 5.32 Å². The maximum absolute atomic E-state index is 14.0. The number of methoxy groups -OCH3 is 1. The van der Waals surface area contributed by atoms with Gasteiger partial charge in [-0.15, -0.1) is 11.3 Å². The summed E-state index contributed by atoms with van der Waals surface area (Å²) in [6, 6.07) is 4.14. The van der Waals surface area contributed by atoms with Crippen molar-refractivity contribution in [3.63, 3.8) is 0 Å². The van der Waals surface area contributed by atoms with Crippen LogP contribution in [0.1, 0.15) is 28.6 Å². The number of nitrogens with one attached hydrogen (secondary N) is 1. The fourth-order valence-electron chi connectivity index (χ4n) is 2.24. The number of carboxylic acids is 1. The molecule has 2 rings (SSSR count). The molecule has 0 saturated carbocycles. The molecule has 0 bridgehead atoms. The minimum absolute atomic E-state index is 0.108. The molecule has 2 N–H and O–H groups in total. The van der Waals surface area contributed by atoms with Crippen molar-refractivity contribution in [3.05, 3.63) is 34.5 Å². The van der Waals surface area contributed by atoms with E-state index in [1.54, 1.807) is 19.1 Å². The Labute approximate surface area is 130 Å². The maximum Gasteiger partial charge on any atom is 0.305 e. The highest BCUT2D eigenvalue weighted by Gasteiger charge is 2.22. The fraction of sp³-hybridized carbons (Fsp3) is 0.333. The first kappa shape index (κ1) is 16.4. The van der Waals surface area contributed by atoms with Crippen LogP contribution in [0.15, 0.2) is 18.2 Å². The van der Waals surface area contributed by atoms with Crippen molar-refractivity contribution in [3.8, 4) is 0 Å². The molecule has 0 aliphatic heterocycles. The van der Waals surface area contributed by atoms with Gasteiger partial charge in [-0.2, -0.15) is 0 Å². The zero-order valence-corrected chi connectivity index (χ0v) is 13.0. The summed E-state index contributed by atoms with van der Waals surface area (Å²) >= 11 is 1.17. The molecule has 2 aromatic rings. The number of hydrogen-bond donors (Lipinski definition) is 2. The molecule has 0 aliphatic carbocycles. The predicted molar refractivity (Wildman–Crippen MR) is 81.7 cm³/mol. The van der Waals surface area contributed by atoms with E-state index in [4.69, 9.17) is 9.84 Å². The zero-order chi connectivity index (χ0) is 16.3. The SMILES string of the molecule is COCc1c(C(=O)NC(C)CC(=O)O)sc2cccc(F)c12. The monoisotopic (exact) mass is 325 g/mol. The van der Waals surface area contributed by atoms with Crippen molar-refractivity contribution in [1.29, 1.82) is 0 Å². The number of carboxylic acid groups (broad SMARTS) is 1. The molecule has 1 atom stereocenters. The fourth-order valence-corrected chi connectivity index (χ4v) is 3.36. The molecule has 0 spiro atoms. The van der Waals surface area contributed by atoms with Crippen LogP contribution in [0.2, 0.25) is 0 Å². The Balaban J connectivity index is 2.37. The zero-order valence-electron chi connectivity index (χ0n) is 12.2. The molecule has 0 radical (unpaired) electrons. The molecular weight excluding hydrogens is 309 g/mol. The van der Waals surface area contributed by atoms with Gasteiger partial charge in [0.25, 0.3) is 5.91 Å². The first-order valence-corrected chi connectivity index (χ1v) is 7.47. The van der Waals surface area contributed by atoms with Crippen LogP contribution in [0.5, 0.6) is 0 Å². The molecule has 1 aromatic carbocycles. The molecule has 1 aromatic heterocycles. The van der Waals surface area contributed by atoms with Gasteiger partial charge in [-0.25, -0.2) is 4.39 Å². The molecule has 22 heavy (non-hydrogen) atoms. The lowest BCUT2D eigenvalue weighted by Crippen LogP contribution is -2.34. The minimum Gasteiger partial charge on any atom is -0.481 e. The highest BCUT2D eigenvalue weighted by Crippen LogP contribution is 2.33. The molecule has 0 saturated heterocycles. The van der Waals surface area contributed by atoms with Gasteiger partial charge < -0.3 is 15.2 Å². The van der Waals surface area contributed by atoms with E-state index in [-0.39, 0.29) is 13.0 Å². The average Bonchev–Trinajstić information content (AvgIpc) is 2.78. The third-order valence-electron chi connectivity index (χ3n) is 3.12. The Morgan fingerprint density at radius 2 is 2.18 bits per heavy atom. The molecule has 118 valence electrons. The van der Waals surface area contributed by atoms with E-state index >= 15 is 0 Å². The van der Waals surface area contributed by atoms with E-state index in [2.05, 4.69) is 5.32 Å². The maximum atomic E-state index is 14.0. The van der Waals surface area contributed by atoms with Crippen LogP contribution in [-0.2, 0) is 16.1 Å². The summed E-state index contributed by atoms with van der Waals surface area (Å²) in [6.07, 6.45) is -0.176. The number of ether oxygens (including phenoxy) is 1. The smallest absolute Gasteiger partial charge is 0.305 e. The summed E-state index contributed by atoms with van der Waals surface area (Å²) in [6.45, 7) is 1.72. The van der Waals surface area contributed by atoms with Crippen LogP contribution in [0.3, 0.4) is 0 Å². The van der Waals surface area contributed by atoms with Crippen molar-refractivity contribution in [2.24, 2.45) is 0 Å². The third-order valence-corrected chi connectivity index (χ3v) is 4.31. The Hall–Kier alpha value is -1.99. The topological polar surface area (TPSA) is 75.6 Å². The molecule has 5 nitrogen and oxygen atoms in total. The van der Waals surface area contributed by atoms with Gasteiger partial charge in [-0.05, 0) is 19.1 Å². The summed E-state index contributed by atoms with van der Waals surface area (Å²) in [5.74, 6) is -1.81. The predicted octanol–water partition coefficient (Wildman–Crippen LogP) is 2.78. The molecule has 1 amide bonds. The lowest BCUT2D eigenvalue weighted by molar-refractivity contribution is -0.137. The first-order valence-electron chi connectivity index (χ1n) is 6.65. The van der Waals surface area contributed by atoms with Crippen molar-refractivity contribution in [2.75, 3.05) is 7.11 Å². The van der Waals surface area contributed by atoms with E-state index in [0.29, 0.717) is 20.5 Å². The van der Waals surface area contributed by atoms with Gasteiger partial charge in [-0.1, -0.05) is 6.07 Å². The van der Waals surface area contributed by atoms with Gasteiger partial charge in [0, 0.05) is 28.8 Å². The number of benzene rings is 1. The highest BCUT2D eigenvalue weighted by molar-refractivity contribution is 7.21. The number of fused-ring (bicyclic) bond motifs is 1. The molecule has 1 unspecified atom stereocenters. The number of hydrogen-bond acceptors (Lipinski definition) is 4. The lowest BCUT2D eigenvalue weighted by atomic mass is 10.1. The number of rotatable bonds is 6. The average molecular weight is 325 g/mol. The summed E-state index contributed by atoms with van der Waals surface area (Å²) in [5, 5.41) is 11.7. The van der Waals surface area contributed by atoms with E-state index in [1.807, 2.05) is 0 Å². The number of carbonyl (C=O) groups excluding carboxylic acids is 1. The van der Waals surface area contributed by atoms with Gasteiger partial charge in [0.1, 0.15) is 5.82 Å². The number of aliphatic carboxylic acids is 1. The Morgan fingerprint density at radius 1 is 1.45 bits per heavy atom. The largest absolute Gasteiger partial charge is 0.481 e. The normalized spacial score (nSPS) is 12.3. The van der Waals surface area contributed by atoms with Gasteiger partial charge in [0.05, 0.1) is 17.9 Å². The molecule has 0 aliphatic rings. The Morgan fingerprint density at radius 3 is 2.82 bits per heavy atom. The molecule has 1 heterocycles. The number of thiophene rings is 1. The van der Waals surface area contributed by atoms with Crippen LogP contribution < -0.4 is 5.32 Å². The summed E-state index contributed by atoms with van der Waals surface area (Å²) in [4.78, 5) is 23.4. The standard InChI is InChI=1S/C15H16FNO4S/c1-8(6-12(18)19)17-15(20)14-9(7-21-2)13-10(16)4-3-5-11(13)22-14/h3-5,8H,6-7H2,1-2H3,(H,17,20)(H,18,19). The van der Waals surface area contributed by atoms with Gasteiger partial charge in [0.2, 0.25) is 0 Å². The quantitative estimate of drug-likeness (QED) is 0.856. The number of carbonyl (C=O) groups is 2. The summed E-state index contributed by atoms with van der Waals surface area (Å²) < 4.78 is 19.8. The Bertz CT molecular complexity index is 713. The molecule has 0 fully saturated rings. The van der Waals surface area contributed by atoms with Crippen LogP contribution >= 0.6 is 11.3 Å². The molecular formula is C15H16FNO4S. The van der Waals surface area contributed by atoms with Crippen LogP contribution in [0, 0.1) is 5.82 Å². The second-order valence-corrected chi connectivity index (χ2v) is 5.98. The second-order valence-electron chi connectivity index (χ2n) is 4.93. The van der Waals surface area contributed by atoms with Gasteiger partial charge >= 0.3 is 5.97 Å². The first-order chi connectivity index (χ1) is 10.4. The molecule has 7 heteroatoms. The number of halogens is 1. The van der Waals surface area contributed by atoms with Gasteiger partial charge in [0.15, 0.2) is 0 Å². The minimum atomic E-state index is -0.993.